The predicted octanol–water partition coefficient (Wildman–Crippen LogP) is 0.971. The summed E-state index contributed by atoms with van der Waals surface area (Å²) in [5.41, 5.74) is 0.720. The Balaban J connectivity index is -0.000000208. The Hall–Kier alpha value is -1.24. The second kappa shape index (κ2) is 18.5. The molecule has 0 amide bonds. The molecule has 1 aromatic carbocycles. The number of hydrogen-bond acceptors (Lipinski definition) is 1. The Kier molecular flexibility index (Phi) is 23.9. The summed E-state index contributed by atoms with van der Waals surface area (Å²) in [6.45, 7) is 13.5. The van der Waals surface area contributed by atoms with Gasteiger partial charge < -0.3 is 0 Å². The quantitative estimate of drug-likeness (QED) is 0.449. The molecule has 0 aliphatic rings. The summed E-state index contributed by atoms with van der Waals surface area (Å²) in [5, 5.41) is 8.77. The van der Waals surface area contributed by atoms with Crippen molar-refractivity contribution >= 4 is 4.68 Å². The van der Waals surface area contributed by atoms with Gasteiger partial charge >= 0.3 is 94.6 Å². The van der Waals surface area contributed by atoms with Crippen molar-refractivity contribution in [1.29, 1.82) is 0 Å². The minimum absolute atomic E-state index is 0.00407. The van der Waals surface area contributed by atoms with Crippen LogP contribution < -0.4 is 0 Å². The van der Waals surface area contributed by atoms with Gasteiger partial charge in [-0.2, -0.15) is 0 Å². The van der Waals surface area contributed by atoms with Crippen molar-refractivity contribution in [1.82, 2.24) is 0 Å². The third-order valence-corrected chi connectivity index (χ3v) is 1.28. The third kappa shape index (κ3) is 12.8. The van der Waals surface area contributed by atoms with E-state index in [1.807, 2.05) is 18.2 Å². The van der Waals surface area contributed by atoms with Crippen molar-refractivity contribution in [3.05, 3.63) is 55.8 Å². The zero-order chi connectivity index (χ0) is 12.7. The summed E-state index contributed by atoms with van der Waals surface area (Å²) in [6.07, 6.45) is 0. The van der Waals surface area contributed by atoms with Gasteiger partial charge in [-0.1, -0.05) is 0 Å². The van der Waals surface area contributed by atoms with Crippen LogP contribution in [-0.2, 0) is 29.0 Å². The van der Waals surface area contributed by atoms with E-state index in [9.17, 15) is 0 Å². The molecule has 0 radical (unpaired) electrons. The predicted molar refractivity (Wildman–Crippen MR) is 44.3 cm³/mol. The first-order valence-electron chi connectivity index (χ1n) is 3.15. The van der Waals surface area contributed by atoms with E-state index in [2.05, 4.69) is 35.0 Å². The molecule has 0 unspecified atom stereocenters. The van der Waals surface area contributed by atoms with Crippen LogP contribution in [0.3, 0.4) is 0 Å². The van der Waals surface area contributed by atoms with Crippen LogP contribution >= 0.6 is 0 Å². The molecule has 0 spiro atoms. The molecule has 0 bridgehead atoms. The van der Waals surface area contributed by atoms with Crippen LogP contribution in [0.25, 0.3) is 0 Å². The summed E-state index contributed by atoms with van der Waals surface area (Å²) in [7, 11) is 0. The fourth-order valence-corrected chi connectivity index (χ4v) is 0.730. The van der Waals surface area contributed by atoms with Crippen LogP contribution in [0.1, 0.15) is 5.56 Å². The maximum atomic E-state index is 8.77. The van der Waals surface area contributed by atoms with Crippen LogP contribution in [0, 0.1) is 20.0 Å². The van der Waals surface area contributed by atoms with E-state index in [0.717, 1.165) is 5.56 Å². The van der Waals surface area contributed by atoms with Crippen molar-refractivity contribution in [2.75, 3.05) is 0 Å². The van der Waals surface area contributed by atoms with Gasteiger partial charge in [0.15, 0.2) is 0 Å². The van der Waals surface area contributed by atoms with Gasteiger partial charge in [-0.05, 0) is 0 Å². The molecule has 0 aromatic heterocycles. The van der Waals surface area contributed by atoms with Crippen molar-refractivity contribution < 1.29 is 34.1 Å². The molecule has 1 rings (SSSR count). The van der Waals surface area contributed by atoms with Gasteiger partial charge in [-0.25, -0.2) is 0 Å². The standard InChI is InChI=1S/C7H6O.3CO.Ni/c8-6-7-4-2-1-3-5-7;3*1-2;/h1-5,8H;;;;. The fourth-order valence-electron chi connectivity index (χ4n) is 0.565. The number of aliphatic hydroxyl groups excluding tert-OH is 1. The van der Waals surface area contributed by atoms with Crippen molar-refractivity contribution in [3.8, 4) is 0 Å². The first-order chi connectivity index (χ1) is 7.30. The fraction of sp³-hybridized carbons (Fsp3) is 0. The summed E-state index contributed by atoms with van der Waals surface area (Å²) in [5.74, 6) is 0. The molecular weight excluding hydrogens is 243 g/mol. The molecule has 0 fully saturated rings. The number of benzene rings is 1. The van der Waals surface area contributed by atoms with Crippen LogP contribution in [0.2, 0.25) is 0 Å². The van der Waals surface area contributed by atoms with Gasteiger partial charge in [0.1, 0.15) is 0 Å². The maximum absolute atomic E-state index is 8.77. The number of hydrogen-bond donors (Lipinski definition) is 1. The van der Waals surface area contributed by atoms with Gasteiger partial charge in [0.2, 0.25) is 0 Å². The van der Waals surface area contributed by atoms with E-state index in [-0.39, 0.29) is 4.68 Å². The van der Waals surface area contributed by atoms with E-state index >= 15 is 0 Å². The molecule has 80 valence electrons. The molecule has 0 saturated carbocycles. The van der Waals surface area contributed by atoms with Crippen LogP contribution in [0.5, 0.6) is 0 Å². The first-order valence-corrected chi connectivity index (χ1v) is 3.65. The minimum atomic E-state index is -0.00407. The first kappa shape index (κ1) is 19.4. The van der Waals surface area contributed by atoms with Gasteiger partial charge in [-0.15, -0.1) is 0 Å². The zero-order valence-electron chi connectivity index (χ0n) is 7.37. The third-order valence-electron chi connectivity index (χ3n) is 0.994. The van der Waals surface area contributed by atoms with E-state index in [1.54, 1.807) is 12.1 Å². The molecule has 0 heterocycles. The van der Waals surface area contributed by atoms with Crippen LogP contribution in [0.15, 0.2) is 30.3 Å². The molecule has 0 saturated heterocycles. The Morgan fingerprint density at radius 3 is 1.47 bits per heavy atom. The van der Waals surface area contributed by atoms with Crippen molar-refractivity contribution in [2.24, 2.45) is 0 Å². The average Bonchev–Trinajstić information content (AvgIpc) is 2.38. The number of aliphatic hydroxyl groups is 1. The second-order valence-corrected chi connectivity index (χ2v) is 2.10. The SMILES string of the molecule is O[C](=[Ni])c1ccccc1.[C-]#[O+].[C-]#[O+].[C-]#[O+]. The summed E-state index contributed by atoms with van der Waals surface area (Å²) < 4.78 is 22.5. The van der Waals surface area contributed by atoms with Gasteiger partial charge in [-0.3, -0.25) is 0 Å². The Morgan fingerprint density at radius 2 is 1.27 bits per heavy atom. The molecule has 0 aliphatic carbocycles. The zero-order valence-corrected chi connectivity index (χ0v) is 8.36. The molecule has 4 nitrogen and oxygen atoms in total. The second-order valence-electron chi connectivity index (χ2n) is 1.63. The molecule has 5 heteroatoms. The van der Waals surface area contributed by atoms with Gasteiger partial charge in [0.25, 0.3) is 0 Å². The Labute approximate surface area is 95.0 Å². The van der Waals surface area contributed by atoms with Crippen molar-refractivity contribution in [2.45, 2.75) is 0 Å². The van der Waals surface area contributed by atoms with E-state index < -0.39 is 0 Å². The van der Waals surface area contributed by atoms with Crippen molar-refractivity contribution in [3.63, 3.8) is 0 Å². The van der Waals surface area contributed by atoms with E-state index in [1.165, 1.54) is 0 Å². The topological polar surface area (TPSA) is 79.9 Å². The van der Waals surface area contributed by atoms with Gasteiger partial charge in [0.05, 0.1) is 0 Å². The summed E-state index contributed by atoms with van der Waals surface area (Å²) in [4.78, 5) is 0. The normalized spacial score (nSPS) is 5.93. The molecule has 0 aliphatic heterocycles. The monoisotopic (exact) mass is 248 g/mol. The summed E-state index contributed by atoms with van der Waals surface area (Å²) >= 11 is 4.23. The molecular formula is C10H6NiO4. The molecule has 15 heavy (non-hydrogen) atoms. The molecule has 1 aromatic rings. The Morgan fingerprint density at radius 1 is 0.933 bits per heavy atom. The van der Waals surface area contributed by atoms with Gasteiger partial charge in [0, 0.05) is 0 Å². The Bertz CT molecular complexity index is 299. The van der Waals surface area contributed by atoms with Crippen LogP contribution in [-0.4, -0.2) is 9.78 Å². The van der Waals surface area contributed by atoms with Crippen LogP contribution in [0.4, 0.5) is 0 Å². The average molecular weight is 249 g/mol. The molecule has 1 N–H and O–H groups in total. The van der Waals surface area contributed by atoms with E-state index in [0.29, 0.717) is 0 Å². The summed E-state index contributed by atoms with van der Waals surface area (Å²) in [6, 6.07) is 9.11. The van der Waals surface area contributed by atoms with E-state index in [4.69, 9.17) is 19.1 Å². The molecule has 0 atom stereocenters. The number of rotatable bonds is 1.